The maximum atomic E-state index is 13.2. The van der Waals surface area contributed by atoms with Gasteiger partial charge in [-0.1, -0.05) is 0 Å². The summed E-state index contributed by atoms with van der Waals surface area (Å²) in [5.41, 5.74) is 0. The van der Waals surface area contributed by atoms with E-state index in [1.807, 2.05) is 0 Å². The Bertz CT molecular complexity index is 375. The van der Waals surface area contributed by atoms with Crippen LogP contribution in [0.4, 0.5) is 48.3 Å². The molecule has 0 bridgehead atoms. The van der Waals surface area contributed by atoms with Gasteiger partial charge in [0.15, 0.2) is 0 Å². The van der Waals surface area contributed by atoms with E-state index in [1.54, 1.807) is 6.92 Å². The van der Waals surface area contributed by atoms with E-state index in [-0.39, 0.29) is 6.42 Å². The second-order valence-electron chi connectivity index (χ2n) is 4.78. The van der Waals surface area contributed by atoms with Crippen molar-refractivity contribution in [2.24, 2.45) is 0 Å². The number of halogens is 11. The molecule has 0 spiro atoms. The summed E-state index contributed by atoms with van der Waals surface area (Å²) in [6, 6.07) is 0. The van der Waals surface area contributed by atoms with Gasteiger partial charge in [0.1, 0.15) is 0 Å². The van der Waals surface area contributed by atoms with Crippen LogP contribution in [0.3, 0.4) is 0 Å². The average molecular weight is 430 g/mol. The van der Waals surface area contributed by atoms with Gasteiger partial charge in [-0.25, -0.2) is 0 Å². The molecule has 0 saturated carbocycles. The molecule has 12 heteroatoms. The fraction of sp³-hybridized carbons (Fsp3) is 1.00. The van der Waals surface area contributed by atoms with Crippen molar-refractivity contribution in [1.29, 1.82) is 0 Å². The van der Waals surface area contributed by atoms with Gasteiger partial charge >= 0.3 is 131 Å². The Morgan fingerprint density at radius 3 is 1.48 bits per heavy atom. The first-order valence-electron chi connectivity index (χ1n) is 6.39. The normalized spacial score (nSPS) is 15.7. The Morgan fingerprint density at radius 2 is 1.09 bits per heavy atom. The summed E-state index contributed by atoms with van der Waals surface area (Å²) in [4.78, 5) is 0. The van der Waals surface area contributed by atoms with Crippen LogP contribution in [0.5, 0.6) is 0 Å². The van der Waals surface area contributed by atoms with Crippen molar-refractivity contribution in [3.63, 3.8) is 0 Å². The molecule has 0 aromatic heterocycles. The van der Waals surface area contributed by atoms with Crippen molar-refractivity contribution in [3.05, 3.63) is 0 Å². The SMILES string of the molecule is CCCCCC[AsH]C(F)(F)C(F)(F)C(F)(F)C(F)(F)C(F)(F)F. The van der Waals surface area contributed by atoms with E-state index in [1.165, 1.54) is 0 Å². The van der Waals surface area contributed by atoms with Crippen LogP contribution in [0.15, 0.2) is 0 Å². The molecule has 0 amide bonds. The monoisotopic (exact) mass is 430 g/mol. The number of alkyl halides is 11. The average Bonchev–Trinajstić information content (AvgIpc) is 2.36. The van der Waals surface area contributed by atoms with E-state index in [0.29, 0.717) is 19.3 Å². The first kappa shape index (κ1) is 22.8. The summed E-state index contributed by atoms with van der Waals surface area (Å²) in [6.07, 6.45) is -5.52. The van der Waals surface area contributed by atoms with Crippen LogP contribution in [0.25, 0.3) is 0 Å². The molecule has 23 heavy (non-hydrogen) atoms. The molecule has 0 aromatic rings. The van der Waals surface area contributed by atoms with Gasteiger partial charge in [-0.05, 0) is 0 Å². The van der Waals surface area contributed by atoms with Crippen molar-refractivity contribution >= 4 is 15.8 Å². The molecular weight excluding hydrogens is 416 g/mol. The number of unbranched alkanes of at least 4 members (excludes halogenated alkanes) is 3. The van der Waals surface area contributed by atoms with Gasteiger partial charge in [-0.2, -0.15) is 0 Å². The van der Waals surface area contributed by atoms with E-state index >= 15 is 0 Å². The van der Waals surface area contributed by atoms with E-state index in [9.17, 15) is 48.3 Å². The summed E-state index contributed by atoms with van der Waals surface area (Å²) in [7, 11) is 0. The second-order valence-corrected chi connectivity index (χ2v) is 7.89. The summed E-state index contributed by atoms with van der Waals surface area (Å²) < 4.78 is 134. The molecule has 0 fully saturated rings. The van der Waals surface area contributed by atoms with Crippen LogP contribution in [0.2, 0.25) is 5.21 Å². The number of hydrogen-bond acceptors (Lipinski definition) is 0. The Balaban J connectivity index is 5.26. The van der Waals surface area contributed by atoms with Crippen molar-refractivity contribution in [2.45, 2.75) is 66.5 Å². The third-order valence-corrected chi connectivity index (χ3v) is 5.77. The molecule has 0 aliphatic heterocycles. The van der Waals surface area contributed by atoms with Crippen LogP contribution in [-0.4, -0.2) is 44.4 Å². The minimum atomic E-state index is -7.28. The number of rotatable bonds is 9. The quantitative estimate of drug-likeness (QED) is 0.258. The summed E-state index contributed by atoms with van der Waals surface area (Å²) >= 11 is -3.20. The molecule has 1 unspecified atom stereocenters. The molecule has 1 atom stereocenters. The van der Waals surface area contributed by atoms with Crippen LogP contribution in [0, 0.1) is 0 Å². The van der Waals surface area contributed by atoms with E-state index in [2.05, 4.69) is 0 Å². The van der Waals surface area contributed by atoms with Gasteiger partial charge in [-0.15, -0.1) is 0 Å². The summed E-state index contributed by atoms with van der Waals surface area (Å²) in [5.74, 6) is -21.3. The Morgan fingerprint density at radius 1 is 0.609 bits per heavy atom. The Labute approximate surface area is 131 Å². The van der Waals surface area contributed by atoms with Crippen molar-refractivity contribution in [1.82, 2.24) is 0 Å². The zero-order chi connectivity index (χ0) is 18.7. The number of hydrogen-bond donors (Lipinski definition) is 0. The molecule has 0 radical (unpaired) electrons. The summed E-state index contributed by atoms with van der Waals surface area (Å²) in [6.45, 7) is 1.75. The molecule has 0 rings (SSSR count). The zero-order valence-corrected chi connectivity index (χ0v) is 13.8. The van der Waals surface area contributed by atoms with E-state index in [0.717, 1.165) is 0 Å². The van der Waals surface area contributed by atoms with Crippen LogP contribution in [0.1, 0.15) is 32.6 Å². The van der Waals surface area contributed by atoms with Gasteiger partial charge in [-0.3, -0.25) is 0 Å². The van der Waals surface area contributed by atoms with Gasteiger partial charge < -0.3 is 0 Å². The fourth-order valence-corrected chi connectivity index (χ4v) is 3.83. The molecule has 0 aliphatic rings. The minimum absolute atomic E-state index is 0.0131. The second kappa shape index (κ2) is 7.35. The molecule has 0 aromatic carbocycles. The van der Waals surface area contributed by atoms with Gasteiger partial charge in [0, 0.05) is 0 Å². The molecule has 0 saturated heterocycles. The molecule has 0 nitrogen and oxygen atoms in total. The van der Waals surface area contributed by atoms with Crippen LogP contribution >= 0.6 is 0 Å². The third kappa shape index (κ3) is 4.45. The third-order valence-electron chi connectivity index (χ3n) is 2.92. The van der Waals surface area contributed by atoms with E-state index < -0.39 is 49.6 Å². The zero-order valence-electron chi connectivity index (χ0n) is 11.7. The predicted molar refractivity (Wildman–Crippen MR) is 61.9 cm³/mol. The molecule has 0 N–H and O–H groups in total. The first-order valence-corrected chi connectivity index (χ1v) is 8.92. The molecular formula is C11H14AsF11. The first-order chi connectivity index (χ1) is 10.1. The summed E-state index contributed by atoms with van der Waals surface area (Å²) in [5, 5.41) is -0.587. The Kier molecular flexibility index (Phi) is 7.28. The van der Waals surface area contributed by atoms with Gasteiger partial charge in [0.25, 0.3) is 0 Å². The predicted octanol–water partition coefficient (Wildman–Crippen LogP) is 5.48. The Hall–Kier alpha value is -0.212. The van der Waals surface area contributed by atoms with Crippen molar-refractivity contribution < 1.29 is 48.3 Å². The van der Waals surface area contributed by atoms with Crippen LogP contribution < -0.4 is 0 Å². The molecule has 140 valence electrons. The standard InChI is InChI=1S/C11H14AsF11/c1-2-3-4-5-6-12-10(19,20)8(15,16)7(13,14)9(17,18)11(21,22)23/h12H,2-6H2,1H3. The van der Waals surface area contributed by atoms with Gasteiger partial charge in [0.2, 0.25) is 0 Å². The van der Waals surface area contributed by atoms with Gasteiger partial charge in [0.05, 0.1) is 0 Å². The topological polar surface area (TPSA) is 0 Å². The van der Waals surface area contributed by atoms with E-state index in [4.69, 9.17) is 0 Å². The van der Waals surface area contributed by atoms with Crippen molar-refractivity contribution in [3.8, 4) is 0 Å². The fourth-order valence-electron chi connectivity index (χ4n) is 1.48. The molecule has 0 heterocycles. The van der Waals surface area contributed by atoms with Crippen molar-refractivity contribution in [2.75, 3.05) is 0 Å². The van der Waals surface area contributed by atoms with Crippen LogP contribution in [-0.2, 0) is 0 Å². The molecule has 0 aliphatic carbocycles. The maximum absolute atomic E-state index is 13.2.